The molecule has 1 nitrogen and oxygen atoms in total. The third-order valence-corrected chi connectivity index (χ3v) is 2.08. The van der Waals surface area contributed by atoms with Crippen LogP contribution >= 0.6 is 0 Å². The zero-order chi connectivity index (χ0) is 7.84. The Kier molecular flexibility index (Phi) is 3.19. The molecule has 2 rings (SSSR count). The molecule has 1 aromatic heterocycles. The van der Waals surface area contributed by atoms with Crippen molar-refractivity contribution in [1.29, 1.82) is 0 Å². The minimum absolute atomic E-state index is 0. The van der Waals surface area contributed by atoms with E-state index in [1.807, 2.05) is 6.92 Å². The molecule has 0 unspecified atom stereocenters. The second-order valence-corrected chi connectivity index (χ2v) is 2.92. The van der Waals surface area contributed by atoms with Gasteiger partial charge in [0.05, 0.1) is 0 Å². The van der Waals surface area contributed by atoms with Crippen molar-refractivity contribution in [2.24, 2.45) is 0 Å². The van der Waals surface area contributed by atoms with Gasteiger partial charge in [0.25, 0.3) is 0 Å². The summed E-state index contributed by atoms with van der Waals surface area (Å²) in [4.78, 5) is 4.44. The van der Waals surface area contributed by atoms with Crippen LogP contribution in [0.2, 0.25) is 0 Å². The van der Waals surface area contributed by atoms with Gasteiger partial charge in [-0.15, -0.1) is 11.1 Å². The molecule has 0 bridgehead atoms. The molecule has 59 valence electrons. The molecule has 0 aliphatic heterocycles. The summed E-state index contributed by atoms with van der Waals surface area (Å²) >= 11 is 0. The maximum absolute atomic E-state index is 4.44. The van der Waals surface area contributed by atoms with Gasteiger partial charge in [0, 0.05) is 32.7 Å². The van der Waals surface area contributed by atoms with Gasteiger partial charge in [-0.05, 0) is 12.1 Å². The molecule has 0 amide bonds. The maximum atomic E-state index is 4.44. The molecule has 1 radical (unpaired) electrons. The van der Waals surface area contributed by atoms with Gasteiger partial charge in [-0.1, -0.05) is 31.7 Å². The Morgan fingerprint density at radius 3 is 2.92 bits per heavy atom. The maximum Gasteiger partial charge on any atom is 0 e. The predicted molar refractivity (Wildman–Crippen MR) is 45.3 cm³/mol. The van der Waals surface area contributed by atoms with Gasteiger partial charge in [-0.3, -0.25) is 0 Å². The molecule has 0 saturated carbocycles. The molecule has 12 heavy (non-hydrogen) atoms. The monoisotopic (exact) mass is 233 g/mol. The Morgan fingerprint density at radius 1 is 1.42 bits per heavy atom. The summed E-state index contributed by atoms with van der Waals surface area (Å²) in [5, 5.41) is 0. The third-order valence-electron chi connectivity index (χ3n) is 2.08. The minimum atomic E-state index is 0. The van der Waals surface area contributed by atoms with Gasteiger partial charge in [0.2, 0.25) is 0 Å². The molecule has 0 aromatic carbocycles. The molecule has 0 atom stereocenters. The van der Waals surface area contributed by atoms with Gasteiger partial charge >= 0.3 is 0 Å². The number of allylic oxidation sites excluding steroid dienone is 1. The topological polar surface area (TPSA) is 12.9 Å². The van der Waals surface area contributed by atoms with Crippen LogP contribution in [-0.2, 0) is 39.1 Å². The van der Waals surface area contributed by atoms with Crippen LogP contribution in [0.5, 0.6) is 0 Å². The minimum Gasteiger partial charge on any atom is -0.380 e. The molecule has 0 N–H and O–H groups in total. The van der Waals surface area contributed by atoms with Crippen molar-refractivity contribution in [1.82, 2.24) is 4.98 Å². The van der Waals surface area contributed by atoms with Crippen molar-refractivity contribution in [2.75, 3.05) is 0 Å². The zero-order valence-electron chi connectivity index (χ0n) is 7.39. The quantitative estimate of drug-likeness (QED) is 0.625. The number of hydrogen-bond acceptors (Lipinski definition) is 1. The van der Waals surface area contributed by atoms with E-state index >= 15 is 0 Å². The van der Waals surface area contributed by atoms with E-state index in [0.29, 0.717) is 0 Å². The number of fused-ring (bicyclic) bond motifs is 1. The fraction of sp³-hybridized carbons (Fsp3) is 0.300. The van der Waals surface area contributed by atoms with Gasteiger partial charge in [0.1, 0.15) is 0 Å². The van der Waals surface area contributed by atoms with Crippen molar-refractivity contribution < 1.29 is 32.7 Å². The molecule has 1 heterocycles. The summed E-state index contributed by atoms with van der Waals surface area (Å²) in [7, 11) is 0. The molecule has 0 spiro atoms. The smallest absolute Gasteiger partial charge is 0 e. The van der Waals surface area contributed by atoms with Gasteiger partial charge < -0.3 is 4.98 Å². The SMILES string of the molecule is Cc1[c-]c2c(nc1C)C=CC2.[Y]. The van der Waals surface area contributed by atoms with E-state index < -0.39 is 0 Å². The number of nitrogens with zero attached hydrogens (tertiary/aromatic N) is 1. The van der Waals surface area contributed by atoms with Crippen LogP contribution < -0.4 is 0 Å². The fourth-order valence-electron chi connectivity index (χ4n) is 1.29. The van der Waals surface area contributed by atoms with Crippen LogP contribution in [0, 0.1) is 19.9 Å². The Morgan fingerprint density at radius 2 is 2.17 bits per heavy atom. The summed E-state index contributed by atoms with van der Waals surface area (Å²) in [5.74, 6) is 0. The fourth-order valence-corrected chi connectivity index (χ4v) is 1.29. The van der Waals surface area contributed by atoms with Crippen LogP contribution in [0.3, 0.4) is 0 Å². The number of aromatic nitrogens is 1. The van der Waals surface area contributed by atoms with E-state index in [2.05, 4.69) is 30.1 Å². The van der Waals surface area contributed by atoms with Crippen molar-refractivity contribution in [3.63, 3.8) is 0 Å². The number of hydrogen-bond donors (Lipinski definition) is 0. The average Bonchev–Trinajstić information content (AvgIpc) is 2.36. The molecule has 1 aromatic rings. The summed E-state index contributed by atoms with van der Waals surface area (Å²) in [6.45, 7) is 4.08. The molecule has 0 saturated heterocycles. The van der Waals surface area contributed by atoms with Crippen molar-refractivity contribution >= 4 is 6.08 Å². The number of rotatable bonds is 0. The molecule has 2 heteroatoms. The first kappa shape index (κ1) is 10.1. The Labute approximate surface area is 98.2 Å². The van der Waals surface area contributed by atoms with Crippen LogP contribution in [0.1, 0.15) is 22.5 Å². The summed E-state index contributed by atoms with van der Waals surface area (Å²) in [6, 6.07) is 3.33. The van der Waals surface area contributed by atoms with E-state index in [1.54, 1.807) is 0 Å². The van der Waals surface area contributed by atoms with E-state index in [4.69, 9.17) is 0 Å². The first-order valence-electron chi connectivity index (χ1n) is 3.83. The van der Waals surface area contributed by atoms with Gasteiger partial charge in [-0.25, -0.2) is 0 Å². The van der Waals surface area contributed by atoms with Crippen LogP contribution in [0.4, 0.5) is 0 Å². The summed E-state index contributed by atoms with van der Waals surface area (Å²) < 4.78 is 0. The third kappa shape index (κ3) is 1.67. The Hall–Kier alpha value is -0.00610. The average molecular weight is 233 g/mol. The Bertz CT molecular complexity index is 329. The normalized spacial score (nSPS) is 12.5. The largest absolute Gasteiger partial charge is 0.380 e. The van der Waals surface area contributed by atoms with E-state index in [9.17, 15) is 0 Å². The first-order chi connectivity index (χ1) is 5.27. The summed E-state index contributed by atoms with van der Waals surface area (Å²) in [5.41, 5.74) is 4.61. The van der Waals surface area contributed by atoms with Crippen LogP contribution in [-0.4, -0.2) is 4.98 Å². The second kappa shape index (κ2) is 3.80. The standard InChI is InChI=1S/C10H10N.Y/c1-7-6-9-4-3-5-10(9)11-8(7)2;/h3,5H,4H2,1-2H3;/q-1;. The predicted octanol–water partition coefficient (Wildman–Crippen LogP) is 2.07. The van der Waals surface area contributed by atoms with E-state index in [-0.39, 0.29) is 32.7 Å². The van der Waals surface area contributed by atoms with Crippen LogP contribution in [0.25, 0.3) is 6.08 Å². The molecule has 0 fully saturated rings. The first-order valence-corrected chi connectivity index (χ1v) is 3.83. The summed E-state index contributed by atoms with van der Waals surface area (Å²) in [6.07, 6.45) is 5.20. The molecular formula is C10H10NY-. The molecule has 1 aliphatic rings. The van der Waals surface area contributed by atoms with E-state index in [1.165, 1.54) is 11.1 Å². The second-order valence-electron chi connectivity index (χ2n) is 2.92. The molecule has 1 aliphatic carbocycles. The van der Waals surface area contributed by atoms with Crippen molar-refractivity contribution in [2.45, 2.75) is 20.3 Å². The van der Waals surface area contributed by atoms with E-state index in [0.717, 1.165) is 17.8 Å². The van der Waals surface area contributed by atoms with Gasteiger partial charge in [0.15, 0.2) is 0 Å². The van der Waals surface area contributed by atoms with Gasteiger partial charge in [-0.2, -0.15) is 6.07 Å². The Balaban J connectivity index is 0.000000720. The molecular weight excluding hydrogens is 223 g/mol. The van der Waals surface area contributed by atoms with Crippen molar-refractivity contribution in [3.05, 3.63) is 34.7 Å². The van der Waals surface area contributed by atoms with Crippen LogP contribution in [0.15, 0.2) is 6.08 Å². The zero-order valence-corrected chi connectivity index (χ0v) is 10.2. The number of pyridine rings is 1. The van der Waals surface area contributed by atoms with Crippen molar-refractivity contribution in [3.8, 4) is 0 Å². The number of aryl methyl sites for hydroxylation is 2.